The summed E-state index contributed by atoms with van der Waals surface area (Å²) in [5.74, 6) is -0.906. The second kappa shape index (κ2) is 7.90. The summed E-state index contributed by atoms with van der Waals surface area (Å²) >= 11 is 9.34. The number of allylic oxidation sites excluding steroid dienone is 5. The van der Waals surface area contributed by atoms with Gasteiger partial charge in [-0.2, -0.15) is 13.2 Å². The van der Waals surface area contributed by atoms with Crippen LogP contribution in [-0.2, 0) is 11.3 Å². The highest BCUT2D eigenvalue weighted by molar-refractivity contribution is 9.11. The maximum absolute atomic E-state index is 12.1. The number of ether oxygens (including phenoxy) is 1. The predicted molar refractivity (Wildman–Crippen MR) is 88.6 cm³/mol. The molecule has 0 heterocycles. The molecule has 1 aromatic carbocycles. The van der Waals surface area contributed by atoms with E-state index in [0.29, 0.717) is 33.0 Å². The lowest BCUT2D eigenvalue weighted by Gasteiger charge is -2.10. The van der Waals surface area contributed by atoms with Crippen LogP contribution < -0.4 is 10.1 Å². The zero-order valence-electron chi connectivity index (χ0n) is 12.2. The highest BCUT2D eigenvalue weighted by atomic mass is 79.9. The first-order valence-electron chi connectivity index (χ1n) is 6.80. The Morgan fingerprint density at radius 1 is 1.29 bits per heavy atom. The van der Waals surface area contributed by atoms with Crippen molar-refractivity contribution in [2.75, 3.05) is 0 Å². The van der Waals surface area contributed by atoms with Gasteiger partial charge in [-0.25, -0.2) is 0 Å². The van der Waals surface area contributed by atoms with Crippen molar-refractivity contribution in [1.82, 2.24) is 5.32 Å². The summed E-state index contributed by atoms with van der Waals surface area (Å²) < 4.78 is 42.7. The minimum absolute atomic E-state index is 0.219. The Bertz CT molecular complexity index is 709. The lowest BCUT2D eigenvalue weighted by molar-refractivity contribution is -0.173. The minimum atomic E-state index is -4.89. The second-order valence-electron chi connectivity index (χ2n) is 4.84. The molecule has 0 saturated heterocycles. The van der Waals surface area contributed by atoms with Crippen LogP contribution in [0.25, 0.3) is 0 Å². The summed E-state index contributed by atoms with van der Waals surface area (Å²) in [7, 11) is 0. The number of benzene rings is 1. The SMILES string of the molecule is O=C(NCc1ccc(OC2=C(Br)C=C(Cl)CC=C2)cc1)C(F)(F)F. The van der Waals surface area contributed by atoms with Gasteiger partial charge in [-0.05, 0) is 45.8 Å². The third kappa shape index (κ3) is 5.42. The van der Waals surface area contributed by atoms with Gasteiger partial charge in [-0.15, -0.1) is 0 Å². The Morgan fingerprint density at radius 2 is 1.96 bits per heavy atom. The van der Waals surface area contributed by atoms with Crippen LogP contribution in [0.3, 0.4) is 0 Å². The zero-order valence-corrected chi connectivity index (χ0v) is 14.5. The molecular weight excluding hydrogens is 411 g/mol. The first-order valence-corrected chi connectivity index (χ1v) is 7.97. The molecule has 1 aliphatic rings. The quantitative estimate of drug-likeness (QED) is 0.747. The number of nitrogens with one attached hydrogen (secondary N) is 1. The smallest absolute Gasteiger partial charge is 0.456 e. The fourth-order valence-electron chi connectivity index (χ4n) is 1.79. The first kappa shape index (κ1) is 18.6. The van der Waals surface area contributed by atoms with E-state index in [1.165, 1.54) is 0 Å². The summed E-state index contributed by atoms with van der Waals surface area (Å²) in [5.41, 5.74) is 0.521. The molecule has 0 atom stereocenters. The van der Waals surface area contributed by atoms with Gasteiger partial charge in [-0.1, -0.05) is 29.8 Å². The molecule has 1 aliphatic carbocycles. The molecule has 0 bridgehead atoms. The average Bonchev–Trinajstić information content (AvgIpc) is 2.66. The maximum atomic E-state index is 12.1. The lowest BCUT2D eigenvalue weighted by Crippen LogP contribution is -2.36. The molecule has 0 unspecified atom stereocenters. The molecule has 0 spiro atoms. The van der Waals surface area contributed by atoms with Crippen molar-refractivity contribution in [2.45, 2.75) is 19.1 Å². The fourth-order valence-corrected chi connectivity index (χ4v) is 2.61. The molecule has 0 aromatic heterocycles. The third-order valence-corrected chi connectivity index (χ3v) is 3.85. The van der Waals surface area contributed by atoms with E-state index >= 15 is 0 Å². The number of halogens is 5. The van der Waals surface area contributed by atoms with E-state index in [1.54, 1.807) is 41.7 Å². The second-order valence-corrected chi connectivity index (χ2v) is 6.18. The minimum Gasteiger partial charge on any atom is -0.456 e. The topological polar surface area (TPSA) is 38.3 Å². The van der Waals surface area contributed by atoms with E-state index in [0.717, 1.165) is 0 Å². The van der Waals surface area contributed by atoms with Gasteiger partial charge in [0.15, 0.2) is 0 Å². The maximum Gasteiger partial charge on any atom is 0.471 e. The highest BCUT2D eigenvalue weighted by Crippen LogP contribution is 2.26. The normalized spacial score (nSPS) is 15.0. The Labute approximate surface area is 149 Å². The van der Waals surface area contributed by atoms with Crippen molar-refractivity contribution in [2.24, 2.45) is 0 Å². The molecule has 3 nitrogen and oxygen atoms in total. The molecule has 24 heavy (non-hydrogen) atoms. The van der Waals surface area contributed by atoms with Crippen LogP contribution >= 0.6 is 27.5 Å². The summed E-state index contributed by atoms with van der Waals surface area (Å²) in [4.78, 5) is 10.8. The zero-order chi connectivity index (χ0) is 17.7. The van der Waals surface area contributed by atoms with E-state index < -0.39 is 12.1 Å². The van der Waals surface area contributed by atoms with Crippen LogP contribution in [0.4, 0.5) is 13.2 Å². The average molecular weight is 423 g/mol. The first-order chi connectivity index (χ1) is 11.3. The third-order valence-electron chi connectivity index (χ3n) is 2.96. The number of hydrogen-bond acceptors (Lipinski definition) is 2. The molecule has 1 amide bonds. The Kier molecular flexibility index (Phi) is 6.12. The fraction of sp³-hybridized carbons (Fsp3) is 0.188. The molecule has 1 aromatic rings. The van der Waals surface area contributed by atoms with Gasteiger partial charge in [0.05, 0.1) is 4.48 Å². The molecule has 8 heteroatoms. The Morgan fingerprint density at radius 3 is 2.58 bits per heavy atom. The van der Waals surface area contributed by atoms with E-state index in [9.17, 15) is 18.0 Å². The monoisotopic (exact) mass is 421 g/mol. The van der Waals surface area contributed by atoms with Crippen LogP contribution in [0, 0.1) is 0 Å². The molecule has 128 valence electrons. The van der Waals surface area contributed by atoms with Crippen molar-refractivity contribution >= 4 is 33.4 Å². The number of carbonyl (C=O) groups excluding carboxylic acids is 1. The van der Waals surface area contributed by atoms with Gasteiger partial charge >= 0.3 is 12.1 Å². The highest BCUT2D eigenvalue weighted by Gasteiger charge is 2.38. The van der Waals surface area contributed by atoms with Crippen LogP contribution in [0.2, 0.25) is 0 Å². The molecule has 0 saturated carbocycles. The van der Waals surface area contributed by atoms with Crippen LogP contribution in [0.5, 0.6) is 5.75 Å². The number of hydrogen-bond donors (Lipinski definition) is 1. The van der Waals surface area contributed by atoms with E-state index in [4.69, 9.17) is 16.3 Å². The van der Waals surface area contributed by atoms with Crippen molar-refractivity contribution in [1.29, 1.82) is 0 Å². The van der Waals surface area contributed by atoms with E-state index in [-0.39, 0.29) is 6.54 Å². The van der Waals surface area contributed by atoms with E-state index in [1.807, 2.05) is 6.08 Å². The van der Waals surface area contributed by atoms with Crippen molar-refractivity contribution in [3.63, 3.8) is 0 Å². The number of amides is 1. The molecule has 0 aliphatic heterocycles. The van der Waals surface area contributed by atoms with Gasteiger partial charge < -0.3 is 10.1 Å². The van der Waals surface area contributed by atoms with Crippen molar-refractivity contribution in [3.05, 3.63) is 63.3 Å². The van der Waals surface area contributed by atoms with Crippen LogP contribution in [-0.4, -0.2) is 12.1 Å². The lowest BCUT2D eigenvalue weighted by atomic mass is 10.2. The number of carbonyl (C=O) groups is 1. The Hall–Kier alpha value is -1.73. The number of rotatable bonds is 4. The Balaban J connectivity index is 2.00. The van der Waals surface area contributed by atoms with Crippen LogP contribution in [0.1, 0.15) is 12.0 Å². The summed E-state index contributed by atoms with van der Waals surface area (Å²) in [6.07, 6.45) is 1.07. The van der Waals surface area contributed by atoms with Gasteiger partial charge in [0.2, 0.25) is 0 Å². The van der Waals surface area contributed by atoms with Gasteiger partial charge in [0, 0.05) is 18.0 Å². The van der Waals surface area contributed by atoms with Crippen LogP contribution in [0.15, 0.2) is 57.8 Å². The predicted octanol–water partition coefficient (Wildman–Crippen LogP) is 4.93. The molecule has 2 rings (SSSR count). The van der Waals surface area contributed by atoms with Gasteiger partial charge in [-0.3, -0.25) is 4.79 Å². The largest absolute Gasteiger partial charge is 0.471 e. The summed E-state index contributed by atoms with van der Waals surface area (Å²) in [6.45, 7) is -0.219. The standard InChI is InChI=1S/C16H12BrClF3NO2/c17-13-8-11(18)2-1-3-14(13)24-12-6-4-10(5-7-12)9-22-15(23)16(19,20)21/h1,3-8H,2,9H2,(H,22,23). The summed E-state index contributed by atoms with van der Waals surface area (Å²) in [5, 5.41) is 2.46. The molecule has 0 radical (unpaired) electrons. The number of alkyl halides is 3. The van der Waals surface area contributed by atoms with Crippen molar-refractivity contribution in [3.8, 4) is 5.75 Å². The van der Waals surface area contributed by atoms with Gasteiger partial charge in [0.1, 0.15) is 11.5 Å². The molecule has 0 fully saturated rings. The van der Waals surface area contributed by atoms with E-state index in [2.05, 4.69) is 15.9 Å². The molecular formula is C16H12BrClF3NO2. The molecule has 1 N–H and O–H groups in total. The van der Waals surface area contributed by atoms with Crippen molar-refractivity contribution < 1.29 is 22.7 Å². The summed E-state index contributed by atoms with van der Waals surface area (Å²) in [6, 6.07) is 6.35. The van der Waals surface area contributed by atoms with Gasteiger partial charge in [0.25, 0.3) is 0 Å².